The van der Waals surface area contributed by atoms with Crippen LogP contribution in [0.25, 0.3) is 21.2 Å². The van der Waals surface area contributed by atoms with Crippen molar-refractivity contribution < 1.29 is 36.6 Å². The van der Waals surface area contributed by atoms with Crippen LogP contribution in [0.15, 0.2) is 59.5 Å². The van der Waals surface area contributed by atoms with Crippen LogP contribution < -0.4 is 10.1 Å². The first-order valence-electron chi connectivity index (χ1n) is 14.2. The molecule has 1 saturated carbocycles. The van der Waals surface area contributed by atoms with Gasteiger partial charge in [0.2, 0.25) is 0 Å². The van der Waals surface area contributed by atoms with E-state index in [9.17, 15) is 26.8 Å². The lowest BCUT2D eigenvalue weighted by molar-refractivity contribution is 0.0592. The first-order valence-corrected chi connectivity index (χ1v) is 17.3. The van der Waals surface area contributed by atoms with Crippen LogP contribution in [0.5, 0.6) is 5.75 Å². The number of amides is 2. The molecule has 1 heterocycles. The summed E-state index contributed by atoms with van der Waals surface area (Å²) in [6.45, 7) is 0.403. The Labute approximate surface area is 268 Å². The Bertz CT molecular complexity index is 1860. The number of benzene rings is 3. The molecular formula is C32H31ClF2N2O6S2. The summed E-state index contributed by atoms with van der Waals surface area (Å²) in [5.74, 6) is -1.24. The molecule has 1 aliphatic rings. The smallest absolute Gasteiger partial charge is 0.404 e. The van der Waals surface area contributed by atoms with Gasteiger partial charge in [0, 0.05) is 31.0 Å². The zero-order valence-electron chi connectivity index (χ0n) is 24.5. The van der Waals surface area contributed by atoms with Crippen LogP contribution in [0.3, 0.4) is 0 Å². The maximum atomic E-state index is 14.7. The van der Waals surface area contributed by atoms with Gasteiger partial charge in [-0.1, -0.05) is 29.8 Å². The Balaban J connectivity index is 1.51. The minimum Gasteiger partial charge on any atom is -0.496 e. The van der Waals surface area contributed by atoms with Gasteiger partial charge < -0.3 is 20.1 Å². The summed E-state index contributed by atoms with van der Waals surface area (Å²) in [6.07, 6.45) is 2.55. The molecule has 5 rings (SSSR count). The Morgan fingerprint density at radius 3 is 2.27 bits per heavy atom. The van der Waals surface area contributed by atoms with Crippen molar-refractivity contribution >= 4 is 54.9 Å². The van der Waals surface area contributed by atoms with Crippen molar-refractivity contribution in [2.75, 3.05) is 19.9 Å². The third-order valence-electron chi connectivity index (χ3n) is 8.17. The van der Waals surface area contributed by atoms with Crippen molar-refractivity contribution in [1.29, 1.82) is 0 Å². The predicted molar refractivity (Wildman–Crippen MR) is 170 cm³/mol. The Morgan fingerprint density at radius 2 is 1.67 bits per heavy atom. The van der Waals surface area contributed by atoms with E-state index in [0.717, 1.165) is 40.9 Å². The van der Waals surface area contributed by atoms with Gasteiger partial charge in [-0.05, 0) is 79.1 Å². The van der Waals surface area contributed by atoms with Gasteiger partial charge in [0.15, 0.2) is 9.84 Å². The molecule has 0 radical (unpaired) electrons. The van der Waals surface area contributed by atoms with Gasteiger partial charge in [0.05, 0.1) is 27.1 Å². The fourth-order valence-electron chi connectivity index (χ4n) is 5.78. The van der Waals surface area contributed by atoms with E-state index in [-0.39, 0.29) is 43.4 Å². The van der Waals surface area contributed by atoms with E-state index in [1.165, 1.54) is 19.2 Å². The van der Waals surface area contributed by atoms with Crippen LogP contribution in [-0.4, -0.2) is 56.4 Å². The highest BCUT2D eigenvalue weighted by Crippen LogP contribution is 2.41. The van der Waals surface area contributed by atoms with E-state index in [1.807, 2.05) is 12.1 Å². The van der Waals surface area contributed by atoms with E-state index < -0.39 is 33.5 Å². The Morgan fingerprint density at radius 1 is 1.02 bits per heavy atom. The van der Waals surface area contributed by atoms with Crippen LogP contribution in [0.1, 0.15) is 40.9 Å². The summed E-state index contributed by atoms with van der Waals surface area (Å²) >= 11 is 7.35. The van der Waals surface area contributed by atoms with Crippen molar-refractivity contribution in [1.82, 2.24) is 10.2 Å². The Kier molecular flexibility index (Phi) is 9.66. The number of carboxylic acid groups (broad SMARTS) is 1. The van der Waals surface area contributed by atoms with Crippen LogP contribution in [0, 0.1) is 17.6 Å². The summed E-state index contributed by atoms with van der Waals surface area (Å²) in [5, 5.41) is 11.2. The number of thiophene rings is 1. The normalized spacial score (nSPS) is 16.8. The molecule has 13 heteroatoms. The number of fused-ring (bicyclic) bond motifs is 1. The molecule has 0 saturated heterocycles. The van der Waals surface area contributed by atoms with Crippen molar-refractivity contribution in [2.45, 2.75) is 43.2 Å². The molecule has 0 aliphatic heterocycles. The summed E-state index contributed by atoms with van der Waals surface area (Å²) in [7, 11) is -1.86. The number of methoxy groups -OCH3 is 1. The standard InChI is InChI=1S/C32H31ClF2N2O6S2/c1-43-26-14-7-20(19-5-10-23(11-6-19)45(2,41)42)15-21(26)17-37(22-8-3-18(4-9-22)16-36-32(39)40)31(38)30-28(33)27-24(34)12-13-25(35)29(27)44-30/h5-7,10-15,18,22,36H,3-4,8-9,16-17H2,1-2H3,(H,39,40). The fourth-order valence-corrected chi connectivity index (χ4v) is 7.92. The molecule has 1 aromatic heterocycles. The number of carbonyl (C=O) groups is 2. The number of carbonyl (C=O) groups excluding carboxylic acids is 1. The van der Waals surface area contributed by atoms with Gasteiger partial charge in [0.25, 0.3) is 5.91 Å². The molecule has 238 valence electrons. The van der Waals surface area contributed by atoms with E-state index in [1.54, 1.807) is 23.1 Å². The van der Waals surface area contributed by atoms with Crippen LogP contribution in [0.2, 0.25) is 5.02 Å². The third kappa shape index (κ3) is 7.08. The van der Waals surface area contributed by atoms with Crippen LogP contribution >= 0.6 is 22.9 Å². The first kappa shape index (κ1) is 32.6. The second-order valence-electron chi connectivity index (χ2n) is 11.1. The van der Waals surface area contributed by atoms with Gasteiger partial charge >= 0.3 is 6.09 Å². The van der Waals surface area contributed by atoms with Crippen molar-refractivity contribution in [3.05, 3.63) is 81.7 Å². The highest BCUT2D eigenvalue weighted by Gasteiger charge is 2.33. The molecule has 4 aromatic rings. The van der Waals surface area contributed by atoms with E-state index >= 15 is 0 Å². The maximum Gasteiger partial charge on any atom is 0.404 e. The molecule has 1 fully saturated rings. The molecule has 8 nitrogen and oxygen atoms in total. The lowest BCUT2D eigenvalue weighted by Gasteiger charge is -2.37. The first-order chi connectivity index (χ1) is 21.4. The molecular weight excluding hydrogens is 646 g/mol. The minimum atomic E-state index is -3.37. The van der Waals surface area contributed by atoms with Crippen LogP contribution in [-0.2, 0) is 16.4 Å². The highest BCUT2D eigenvalue weighted by molar-refractivity contribution is 7.90. The number of halogens is 3. The summed E-state index contributed by atoms with van der Waals surface area (Å²) in [4.78, 5) is 27.1. The van der Waals surface area contributed by atoms with E-state index in [0.29, 0.717) is 43.5 Å². The highest BCUT2D eigenvalue weighted by atomic mass is 35.5. The van der Waals surface area contributed by atoms with Gasteiger partial charge in [0.1, 0.15) is 22.3 Å². The largest absolute Gasteiger partial charge is 0.496 e. The van der Waals surface area contributed by atoms with Crippen molar-refractivity contribution in [2.24, 2.45) is 5.92 Å². The number of hydrogen-bond donors (Lipinski definition) is 2. The third-order valence-corrected chi connectivity index (χ3v) is 11.0. The molecule has 0 atom stereocenters. The summed E-state index contributed by atoms with van der Waals surface area (Å²) < 4.78 is 58.9. The molecule has 0 spiro atoms. The molecule has 1 aliphatic carbocycles. The van der Waals surface area contributed by atoms with E-state index in [4.69, 9.17) is 21.4 Å². The summed E-state index contributed by atoms with van der Waals surface area (Å²) in [6, 6.07) is 13.7. The second kappa shape index (κ2) is 13.3. The fraction of sp³-hybridized carbons (Fsp3) is 0.312. The topological polar surface area (TPSA) is 113 Å². The summed E-state index contributed by atoms with van der Waals surface area (Å²) in [5.41, 5.74) is 2.19. The quantitative estimate of drug-likeness (QED) is 0.191. The molecule has 3 aromatic carbocycles. The molecule has 45 heavy (non-hydrogen) atoms. The number of rotatable bonds is 9. The zero-order valence-corrected chi connectivity index (χ0v) is 26.9. The van der Waals surface area contributed by atoms with Gasteiger partial charge in [-0.2, -0.15) is 0 Å². The van der Waals surface area contributed by atoms with Gasteiger partial charge in [-0.3, -0.25) is 4.79 Å². The molecule has 2 N–H and O–H groups in total. The monoisotopic (exact) mass is 676 g/mol. The number of ether oxygens (including phenoxy) is 1. The number of hydrogen-bond acceptors (Lipinski definition) is 6. The zero-order chi connectivity index (χ0) is 32.5. The van der Waals surface area contributed by atoms with Crippen LogP contribution in [0.4, 0.5) is 13.6 Å². The SMILES string of the molecule is COc1ccc(-c2ccc(S(C)(=O)=O)cc2)cc1CN(C(=O)c1sc2c(F)ccc(F)c2c1Cl)C1CCC(CNC(=O)O)CC1. The number of nitrogens with zero attached hydrogens (tertiary/aromatic N) is 1. The van der Waals surface area contributed by atoms with E-state index in [2.05, 4.69) is 5.32 Å². The minimum absolute atomic E-state index is 0.0248. The average molecular weight is 677 g/mol. The number of nitrogens with one attached hydrogen (secondary N) is 1. The lowest BCUT2D eigenvalue weighted by atomic mass is 9.85. The van der Waals surface area contributed by atoms with Gasteiger partial charge in [-0.25, -0.2) is 22.0 Å². The number of sulfone groups is 1. The van der Waals surface area contributed by atoms with Crippen molar-refractivity contribution in [3.63, 3.8) is 0 Å². The van der Waals surface area contributed by atoms with Gasteiger partial charge in [-0.15, -0.1) is 11.3 Å². The molecule has 0 bridgehead atoms. The second-order valence-corrected chi connectivity index (χ2v) is 14.5. The predicted octanol–water partition coefficient (Wildman–Crippen LogP) is 7.38. The lowest BCUT2D eigenvalue weighted by Crippen LogP contribution is -2.43. The van der Waals surface area contributed by atoms with Crippen molar-refractivity contribution in [3.8, 4) is 16.9 Å². The molecule has 2 amide bonds. The Hall–Kier alpha value is -3.74. The molecule has 0 unspecified atom stereocenters. The maximum absolute atomic E-state index is 14.7. The average Bonchev–Trinajstić information content (AvgIpc) is 3.38.